The maximum Gasteiger partial charge on any atom is 0.344 e. The van der Waals surface area contributed by atoms with Crippen molar-refractivity contribution >= 4 is 29.5 Å². The number of ether oxygens (including phenoxy) is 2. The third-order valence-electron chi connectivity index (χ3n) is 4.68. The van der Waals surface area contributed by atoms with E-state index in [1.54, 1.807) is 37.4 Å². The summed E-state index contributed by atoms with van der Waals surface area (Å²) in [4.78, 5) is 14.5. The molecule has 0 aromatic heterocycles. The maximum atomic E-state index is 14.9. The van der Waals surface area contributed by atoms with Crippen LogP contribution in [0.2, 0.25) is 5.02 Å². The molecule has 148 valence electrons. The topological polar surface area (TPSA) is 54.4 Å². The lowest BCUT2D eigenvalue weighted by Gasteiger charge is -2.28. The van der Waals surface area contributed by atoms with Gasteiger partial charge >= 0.3 is 6.03 Å². The minimum Gasteiger partial charge on any atom is -0.493 e. The van der Waals surface area contributed by atoms with Gasteiger partial charge in [-0.15, -0.1) is 0 Å². The van der Waals surface area contributed by atoms with E-state index in [-0.39, 0.29) is 23.4 Å². The lowest BCUT2D eigenvalue weighted by Crippen LogP contribution is -2.43. The van der Waals surface area contributed by atoms with Crippen LogP contribution in [0.1, 0.15) is 18.1 Å². The molecule has 1 atom stereocenters. The van der Waals surface area contributed by atoms with E-state index in [0.29, 0.717) is 28.4 Å². The lowest BCUT2D eigenvalue weighted by atomic mass is 10.00. The molecule has 8 heteroatoms. The molecule has 0 saturated carbocycles. The van der Waals surface area contributed by atoms with Crippen LogP contribution in [0.15, 0.2) is 35.4 Å². The van der Waals surface area contributed by atoms with Crippen molar-refractivity contribution in [3.63, 3.8) is 0 Å². The van der Waals surface area contributed by atoms with Crippen molar-refractivity contribution in [1.29, 1.82) is 0 Å². The number of rotatable bonds is 3. The van der Waals surface area contributed by atoms with Gasteiger partial charge in [-0.3, -0.25) is 4.90 Å². The van der Waals surface area contributed by atoms with Crippen molar-refractivity contribution < 1.29 is 18.7 Å². The van der Waals surface area contributed by atoms with Gasteiger partial charge < -0.3 is 9.47 Å². The number of carbonyl (C=O) groups is 1. The average Bonchev–Trinajstić information content (AvgIpc) is 2.85. The number of urea groups is 1. The summed E-state index contributed by atoms with van der Waals surface area (Å²) in [5.41, 5.74) is 1.65. The predicted octanol–water partition coefficient (Wildman–Crippen LogP) is 4.33. The standard InChI is InChI=1S/C20H21ClFN3O3/c1-12-9-13-10-17(27-3)19(28-4)18(22)16(13)11-23-25(12)20(26)24(2)15-7-5-14(21)6-8-15/h5-8,10-12H,9H2,1-4H3. The SMILES string of the molecule is COc1cc2c(c(F)c1OC)C=NN(C(=O)N(C)c1ccc(Cl)cc1)C(C)C2. The number of carbonyl (C=O) groups excluding carboxylic acids is 1. The Labute approximate surface area is 168 Å². The summed E-state index contributed by atoms with van der Waals surface area (Å²) in [5.74, 6) is -0.246. The van der Waals surface area contributed by atoms with Crippen LogP contribution in [0.3, 0.4) is 0 Å². The van der Waals surface area contributed by atoms with E-state index >= 15 is 0 Å². The molecule has 2 aromatic rings. The fourth-order valence-electron chi connectivity index (χ4n) is 3.13. The third kappa shape index (κ3) is 3.62. The summed E-state index contributed by atoms with van der Waals surface area (Å²) in [6, 6.07) is 8.00. The van der Waals surface area contributed by atoms with Gasteiger partial charge in [-0.1, -0.05) is 11.6 Å². The predicted molar refractivity (Wildman–Crippen MR) is 107 cm³/mol. The van der Waals surface area contributed by atoms with Crippen LogP contribution in [0.5, 0.6) is 11.5 Å². The van der Waals surface area contributed by atoms with E-state index in [1.165, 1.54) is 30.3 Å². The molecule has 0 fully saturated rings. The lowest BCUT2D eigenvalue weighted by molar-refractivity contribution is 0.190. The van der Waals surface area contributed by atoms with Gasteiger partial charge in [0.2, 0.25) is 0 Å². The monoisotopic (exact) mass is 405 g/mol. The molecule has 0 N–H and O–H groups in total. The Morgan fingerprint density at radius 2 is 1.96 bits per heavy atom. The molecule has 0 spiro atoms. The van der Waals surface area contributed by atoms with E-state index in [9.17, 15) is 9.18 Å². The number of nitrogens with zero attached hydrogens (tertiary/aromatic N) is 3. The molecule has 3 rings (SSSR count). The third-order valence-corrected chi connectivity index (χ3v) is 4.93. The van der Waals surface area contributed by atoms with E-state index < -0.39 is 5.82 Å². The Morgan fingerprint density at radius 3 is 2.57 bits per heavy atom. The molecule has 1 aliphatic heterocycles. The van der Waals surface area contributed by atoms with Crippen molar-refractivity contribution in [3.05, 3.63) is 52.3 Å². The van der Waals surface area contributed by atoms with Crippen LogP contribution in [0, 0.1) is 5.82 Å². The number of benzene rings is 2. The number of fused-ring (bicyclic) bond motifs is 1. The molecular weight excluding hydrogens is 385 g/mol. The van der Waals surface area contributed by atoms with Crippen LogP contribution >= 0.6 is 11.6 Å². The highest BCUT2D eigenvalue weighted by molar-refractivity contribution is 6.30. The van der Waals surface area contributed by atoms with Gasteiger partial charge in [-0.2, -0.15) is 5.10 Å². The van der Waals surface area contributed by atoms with Crippen LogP contribution < -0.4 is 14.4 Å². The zero-order chi connectivity index (χ0) is 20.4. The molecule has 1 heterocycles. The van der Waals surface area contributed by atoms with E-state index in [1.807, 2.05) is 6.92 Å². The van der Waals surface area contributed by atoms with Gasteiger partial charge in [-0.05, 0) is 49.2 Å². The van der Waals surface area contributed by atoms with Crippen LogP contribution in [-0.4, -0.2) is 44.6 Å². The summed E-state index contributed by atoms with van der Waals surface area (Å²) in [5, 5.41) is 6.18. The van der Waals surface area contributed by atoms with Gasteiger partial charge in [-0.25, -0.2) is 14.2 Å². The normalized spacial score (nSPS) is 15.6. The Balaban J connectivity index is 1.93. The summed E-state index contributed by atoms with van der Waals surface area (Å²) in [7, 11) is 4.48. The number of anilines is 1. The van der Waals surface area contributed by atoms with E-state index in [0.717, 1.165) is 0 Å². The molecule has 0 radical (unpaired) electrons. The molecule has 2 amide bonds. The molecule has 1 unspecified atom stereocenters. The second-order valence-electron chi connectivity index (χ2n) is 6.46. The average molecular weight is 406 g/mol. The van der Waals surface area contributed by atoms with E-state index in [2.05, 4.69) is 5.10 Å². The Bertz CT molecular complexity index is 918. The first-order chi connectivity index (χ1) is 13.4. The summed E-state index contributed by atoms with van der Waals surface area (Å²) in [6.45, 7) is 1.86. The van der Waals surface area contributed by atoms with Crippen molar-refractivity contribution in [2.75, 3.05) is 26.2 Å². The van der Waals surface area contributed by atoms with Crippen molar-refractivity contribution in [1.82, 2.24) is 5.01 Å². The van der Waals surface area contributed by atoms with Gasteiger partial charge in [0.05, 0.1) is 26.5 Å². The molecular formula is C20H21ClFN3O3. The highest BCUT2D eigenvalue weighted by Crippen LogP contribution is 2.35. The zero-order valence-electron chi connectivity index (χ0n) is 16.1. The minimum atomic E-state index is -0.562. The quantitative estimate of drug-likeness (QED) is 0.763. The molecule has 6 nitrogen and oxygen atoms in total. The number of hydrogen-bond donors (Lipinski definition) is 0. The van der Waals surface area contributed by atoms with Gasteiger partial charge in [0.15, 0.2) is 17.3 Å². The number of hydrogen-bond acceptors (Lipinski definition) is 4. The second-order valence-corrected chi connectivity index (χ2v) is 6.90. The van der Waals surface area contributed by atoms with Crippen LogP contribution in [-0.2, 0) is 6.42 Å². The summed E-state index contributed by atoms with van der Waals surface area (Å²) < 4.78 is 25.2. The van der Waals surface area contributed by atoms with Crippen molar-refractivity contribution in [2.24, 2.45) is 5.10 Å². The van der Waals surface area contributed by atoms with Gasteiger partial charge in [0.25, 0.3) is 0 Å². The van der Waals surface area contributed by atoms with Crippen molar-refractivity contribution in [2.45, 2.75) is 19.4 Å². The van der Waals surface area contributed by atoms with E-state index in [4.69, 9.17) is 21.1 Å². The number of methoxy groups -OCH3 is 2. The zero-order valence-corrected chi connectivity index (χ0v) is 16.8. The molecule has 2 aromatic carbocycles. The molecule has 0 saturated heterocycles. The first kappa shape index (κ1) is 19.9. The first-order valence-corrected chi connectivity index (χ1v) is 9.05. The van der Waals surface area contributed by atoms with Crippen molar-refractivity contribution in [3.8, 4) is 11.5 Å². The fourth-order valence-corrected chi connectivity index (χ4v) is 3.25. The van der Waals surface area contributed by atoms with Crippen LogP contribution in [0.25, 0.3) is 0 Å². The van der Waals surface area contributed by atoms with Gasteiger partial charge in [0.1, 0.15) is 0 Å². The minimum absolute atomic E-state index is 0.0124. The molecule has 1 aliphatic rings. The summed E-state index contributed by atoms with van der Waals surface area (Å²) >= 11 is 5.91. The largest absolute Gasteiger partial charge is 0.493 e. The molecule has 0 bridgehead atoms. The number of hydrazone groups is 1. The van der Waals surface area contributed by atoms with Gasteiger partial charge in [0, 0.05) is 23.3 Å². The van der Waals surface area contributed by atoms with Crippen LogP contribution in [0.4, 0.5) is 14.9 Å². The second kappa shape index (κ2) is 8.06. The number of halogens is 2. The maximum absolute atomic E-state index is 14.9. The smallest absolute Gasteiger partial charge is 0.344 e. The Hall–Kier alpha value is -2.80. The first-order valence-electron chi connectivity index (χ1n) is 8.67. The molecule has 28 heavy (non-hydrogen) atoms. The highest BCUT2D eigenvalue weighted by Gasteiger charge is 2.29. The fraction of sp³-hybridized carbons (Fsp3) is 0.300. The Morgan fingerprint density at radius 1 is 1.29 bits per heavy atom. The number of amides is 2. The molecule has 0 aliphatic carbocycles. The Kier molecular flexibility index (Phi) is 5.74. The highest BCUT2D eigenvalue weighted by atomic mass is 35.5. The summed E-state index contributed by atoms with van der Waals surface area (Å²) in [6.07, 6.45) is 1.76.